The van der Waals surface area contributed by atoms with E-state index in [1.165, 1.54) is 29.0 Å². The summed E-state index contributed by atoms with van der Waals surface area (Å²) in [5.74, 6) is -0.484. The van der Waals surface area contributed by atoms with Crippen LogP contribution in [0.1, 0.15) is 37.2 Å². The molecule has 1 aliphatic rings. The number of rotatable bonds is 5. The quantitative estimate of drug-likeness (QED) is 0.531. The van der Waals surface area contributed by atoms with Crippen LogP contribution in [0.2, 0.25) is 0 Å². The molecule has 1 atom stereocenters. The van der Waals surface area contributed by atoms with Crippen LogP contribution >= 0.6 is 0 Å². The van der Waals surface area contributed by atoms with Gasteiger partial charge < -0.3 is 5.32 Å². The molecule has 2 aromatic heterocycles. The van der Waals surface area contributed by atoms with Gasteiger partial charge in [-0.1, -0.05) is 24.3 Å². The molecular weight excluding hydrogens is 400 g/mol. The van der Waals surface area contributed by atoms with E-state index in [4.69, 9.17) is 0 Å². The number of benzene rings is 2. The van der Waals surface area contributed by atoms with Crippen LogP contribution in [0, 0.1) is 11.6 Å². The number of amides is 1. The molecule has 2 heterocycles. The lowest BCUT2D eigenvalue weighted by molar-refractivity contribution is -0.124. The first-order chi connectivity index (χ1) is 15.0. The van der Waals surface area contributed by atoms with E-state index in [-0.39, 0.29) is 17.5 Å². The zero-order chi connectivity index (χ0) is 21.6. The van der Waals surface area contributed by atoms with Crippen LogP contribution in [0.25, 0.3) is 16.9 Å². The largest absolute Gasteiger partial charge is 0.346 e. The third-order valence-corrected chi connectivity index (χ3v) is 5.69. The number of hydrogen-bond donors (Lipinski definition) is 1. The van der Waals surface area contributed by atoms with E-state index in [0.717, 1.165) is 0 Å². The minimum atomic E-state index is -0.699. The zero-order valence-electron chi connectivity index (χ0n) is 16.7. The highest BCUT2D eigenvalue weighted by Gasteiger charge is 2.51. The average molecular weight is 419 g/mol. The fraction of sp³-hybridized carbons (Fsp3) is 0.217. The molecule has 0 radical (unpaired) electrons. The van der Waals surface area contributed by atoms with Crippen molar-refractivity contribution in [1.29, 1.82) is 0 Å². The summed E-state index contributed by atoms with van der Waals surface area (Å²) in [4.78, 5) is 21.7. The third-order valence-electron chi connectivity index (χ3n) is 5.69. The second kappa shape index (κ2) is 7.23. The van der Waals surface area contributed by atoms with Crippen LogP contribution in [-0.2, 0) is 10.2 Å². The number of hydrogen-bond acceptors (Lipinski definition) is 4. The van der Waals surface area contributed by atoms with Crippen molar-refractivity contribution in [3.05, 3.63) is 83.9 Å². The van der Waals surface area contributed by atoms with E-state index < -0.39 is 11.5 Å². The van der Waals surface area contributed by atoms with Crippen LogP contribution in [0.4, 0.5) is 8.78 Å². The van der Waals surface area contributed by atoms with Crippen molar-refractivity contribution in [1.82, 2.24) is 24.9 Å². The molecule has 5 rings (SSSR count). The van der Waals surface area contributed by atoms with Crippen molar-refractivity contribution in [2.45, 2.75) is 31.2 Å². The minimum absolute atomic E-state index is 0.172. The number of carbonyl (C=O) groups excluding carboxylic acids is 1. The molecule has 2 aromatic carbocycles. The van der Waals surface area contributed by atoms with E-state index in [0.29, 0.717) is 41.1 Å². The summed E-state index contributed by atoms with van der Waals surface area (Å²) >= 11 is 0. The molecule has 0 saturated heterocycles. The maximum Gasteiger partial charge on any atom is 0.231 e. The van der Waals surface area contributed by atoms with Gasteiger partial charge in [-0.3, -0.25) is 4.79 Å². The van der Waals surface area contributed by atoms with Gasteiger partial charge in [0.1, 0.15) is 18.0 Å². The molecule has 4 aromatic rings. The van der Waals surface area contributed by atoms with Crippen LogP contribution in [-0.4, -0.2) is 25.5 Å². The monoisotopic (exact) mass is 419 g/mol. The number of fused-ring (bicyclic) bond motifs is 1. The first-order valence-electron chi connectivity index (χ1n) is 10.0. The Balaban J connectivity index is 1.38. The van der Waals surface area contributed by atoms with Crippen molar-refractivity contribution < 1.29 is 13.6 Å². The smallest absolute Gasteiger partial charge is 0.231 e. The zero-order valence-corrected chi connectivity index (χ0v) is 16.7. The number of nitrogens with one attached hydrogen (secondary N) is 1. The van der Waals surface area contributed by atoms with E-state index >= 15 is 0 Å². The Morgan fingerprint density at radius 2 is 1.94 bits per heavy atom. The van der Waals surface area contributed by atoms with Crippen molar-refractivity contribution in [2.75, 3.05) is 0 Å². The van der Waals surface area contributed by atoms with Crippen molar-refractivity contribution in [3.8, 4) is 11.3 Å². The van der Waals surface area contributed by atoms with E-state index in [1.807, 2.05) is 0 Å². The van der Waals surface area contributed by atoms with E-state index in [2.05, 4.69) is 20.4 Å². The third kappa shape index (κ3) is 3.43. The molecule has 0 aliphatic heterocycles. The van der Waals surface area contributed by atoms with Gasteiger partial charge in [-0.15, -0.1) is 5.10 Å². The van der Waals surface area contributed by atoms with Gasteiger partial charge in [0.25, 0.3) is 0 Å². The topological polar surface area (TPSA) is 72.2 Å². The first kappa shape index (κ1) is 19.3. The fourth-order valence-corrected chi connectivity index (χ4v) is 3.77. The summed E-state index contributed by atoms with van der Waals surface area (Å²) < 4.78 is 29.2. The minimum Gasteiger partial charge on any atom is -0.346 e. The molecule has 1 saturated carbocycles. The average Bonchev–Trinajstić information content (AvgIpc) is 3.47. The maximum absolute atomic E-state index is 14.1. The lowest BCUT2D eigenvalue weighted by Gasteiger charge is -2.18. The van der Waals surface area contributed by atoms with E-state index in [9.17, 15) is 13.6 Å². The SMILES string of the molecule is C[C@H](NC(=O)C1(c2cccc(F)c2)CC1)c1nc2cc(-c3ccccc3F)ncn2n1. The van der Waals surface area contributed by atoms with Gasteiger partial charge in [-0.25, -0.2) is 23.3 Å². The Labute approximate surface area is 177 Å². The summed E-state index contributed by atoms with van der Waals surface area (Å²) in [7, 11) is 0. The fourth-order valence-electron chi connectivity index (χ4n) is 3.77. The summed E-state index contributed by atoms with van der Waals surface area (Å²) in [5, 5.41) is 7.34. The molecule has 0 unspecified atom stereocenters. The van der Waals surface area contributed by atoms with Crippen molar-refractivity contribution >= 4 is 11.6 Å². The van der Waals surface area contributed by atoms with Crippen LogP contribution in [0.15, 0.2) is 60.9 Å². The predicted octanol–water partition coefficient (Wildman–Crippen LogP) is 3.98. The first-order valence-corrected chi connectivity index (χ1v) is 10.0. The van der Waals surface area contributed by atoms with Gasteiger partial charge in [0, 0.05) is 11.6 Å². The number of aromatic nitrogens is 4. The standard InChI is InChI=1S/C23H19F2N5O/c1-14(27-22(31)23(9-10-23)15-5-4-6-16(24)11-15)21-28-20-12-19(26-13-30(20)29-21)17-7-2-3-8-18(17)25/h2-8,11-14H,9-10H2,1H3,(H,27,31)/t14-/m0/s1. The second-order valence-corrected chi connectivity index (χ2v) is 7.81. The number of carbonyl (C=O) groups is 1. The van der Waals surface area contributed by atoms with E-state index in [1.54, 1.807) is 43.3 Å². The van der Waals surface area contributed by atoms with Gasteiger partial charge in [0.05, 0.1) is 17.2 Å². The molecular formula is C23H19F2N5O. The van der Waals surface area contributed by atoms with Crippen LogP contribution in [0.3, 0.4) is 0 Å². The molecule has 1 aliphatic carbocycles. The molecule has 0 spiro atoms. The van der Waals surface area contributed by atoms with Gasteiger partial charge >= 0.3 is 0 Å². The van der Waals surface area contributed by atoms with Crippen molar-refractivity contribution in [3.63, 3.8) is 0 Å². The molecule has 1 fully saturated rings. The highest BCUT2D eigenvalue weighted by molar-refractivity contribution is 5.91. The predicted molar refractivity (Wildman–Crippen MR) is 110 cm³/mol. The Morgan fingerprint density at radius 3 is 2.68 bits per heavy atom. The second-order valence-electron chi connectivity index (χ2n) is 7.81. The van der Waals surface area contributed by atoms with Gasteiger partial charge in [0.2, 0.25) is 5.91 Å². The van der Waals surface area contributed by atoms with Gasteiger partial charge in [0.15, 0.2) is 11.5 Å². The highest BCUT2D eigenvalue weighted by Crippen LogP contribution is 2.48. The summed E-state index contributed by atoms with van der Waals surface area (Å²) in [5.41, 5.74) is 1.30. The van der Waals surface area contributed by atoms with Crippen molar-refractivity contribution in [2.24, 2.45) is 0 Å². The molecule has 1 N–H and O–H groups in total. The molecule has 0 bridgehead atoms. The van der Waals surface area contributed by atoms with Gasteiger partial charge in [-0.2, -0.15) is 0 Å². The Morgan fingerprint density at radius 1 is 1.13 bits per heavy atom. The van der Waals surface area contributed by atoms with Crippen LogP contribution in [0.5, 0.6) is 0 Å². The summed E-state index contributed by atoms with van der Waals surface area (Å²) in [6, 6.07) is 13.7. The summed E-state index contributed by atoms with van der Waals surface area (Å²) in [6.45, 7) is 1.79. The summed E-state index contributed by atoms with van der Waals surface area (Å²) in [6.07, 6.45) is 2.81. The Kier molecular flexibility index (Phi) is 4.50. The maximum atomic E-state index is 14.1. The van der Waals surface area contributed by atoms with Gasteiger partial charge in [-0.05, 0) is 49.6 Å². The molecule has 8 heteroatoms. The molecule has 1 amide bonds. The molecule has 31 heavy (non-hydrogen) atoms. The lowest BCUT2D eigenvalue weighted by atomic mass is 9.94. The highest BCUT2D eigenvalue weighted by atomic mass is 19.1. The number of nitrogens with zero attached hydrogens (tertiary/aromatic N) is 4. The lowest BCUT2D eigenvalue weighted by Crippen LogP contribution is -2.36. The molecule has 156 valence electrons. The molecule has 6 nitrogen and oxygen atoms in total. The Bertz CT molecular complexity index is 1300. The number of halogens is 2. The van der Waals surface area contributed by atoms with Crippen LogP contribution < -0.4 is 5.32 Å². The normalized spacial score (nSPS) is 15.6. The Hall–Kier alpha value is -3.68.